The number of carbonyl (C=O) groups excluding carboxylic acids is 1. The summed E-state index contributed by atoms with van der Waals surface area (Å²) < 4.78 is 16.5. The van der Waals surface area contributed by atoms with Crippen LogP contribution in [0.25, 0.3) is 0 Å². The van der Waals surface area contributed by atoms with Gasteiger partial charge in [0.05, 0.1) is 12.7 Å². The van der Waals surface area contributed by atoms with Gasteiger partial charge in [0.15, 0.2) is 8.32 Å². The fraction of sp³-hybridized carbons (Fsp3) is 0.650. The second-order valence-electron chi connectivity index (χ2n) is 8.96. The number of hydrogen-bond donors (Lipinski definition) is 4. The molecule has 4 N–H and O–H groups in total. The SMILES string of the molecule is CC1OC(OC(=O)Nc2ccc(CO[Si](C)(C)C(C)(C)C)cc2)C(O)C(O)C1O. The van der Waals surface area contributed by atoms with E-state index in [2.05, 4.69) is 39.2 Å². The van der Waals surface area contributed by atoms with Crippen LogP contribution < -0.4 is 5.32 Å². The van der Waals surface area contributed by atoms with Gasteiger partial charge in [0, 0.05) is 5.69 Å². The molecule has 0 aromatic heterocycles. The fourth-order valence-electron chi connectivity index (χ4n) is 2.53. The van der Waals surface area contributed by atoms with Crippen molar-refractivity contribution in [3.8, 4) is 0 Å². The Morgan fingerprint density at radius 2 is 1.69 bits per heavy atom. The average molecular weight is 428 g/mol. The van der Waals surface area contributed by atoms with Crippen LogP contribution in [0.15, 0.2) is 24.3 Å². The minimum absolute atomic E-state index is 0.130. The molecular weight excluding hydrogens is 394 g/mol. The van der Waals surface area contributed by atoms with Gasteiger partial charge < -0.3 is 29.2 Å². The summed E-state index contributed by atoms with van der Waals surface area (Å²) in [5.74, 6) is 0. The summed E-state index contributed by atoms with van der Waals surface area (Å²) in [5.41, 5.74) is 1.50. The molecule has 1 amide bonds. The van der Waals surface area contributed by atoms with Gasteiger partial charge in [0.2, 0.25) is 6.29 Å². The third-order valence-corrected chi connectivity index (χ3v) is 10.1. The highest BCUT2D eigenvalue weighted by molar-refractivity contribution is 6.74. The maximum absolute atomic E-state index is 12.1. The fourth-order valence-corrected chi connectivity index (χ4v) is 3.49. The monoisotopic (exact) mass is 427 g/mol. The number of nitrogens with one attached hydrogen (secondary N) is 1. The lowest BCUT2D eigenvalue weighted by Crippen LogP contribution is -2.57. The topological polar surface area (TPSA) is 117 Å². The van der Waals surface area contributed by atoms with Crippen LogP contribution in [-0.4, -0.2) is 60.4 Å². The average Bonchev–Trinajstić information content (AvgIpc) is 2.63. The smallest absolute Gasteiger partial charge is 0.414 e. The molecule has 29 heavy (non-hydrogen) atoms. The van der Waals surface area contributed by atoms with Crippen molar-refractivity contribution in [1.29, 1.82) is 0 Å². The first-order valence-corrected chi connectivity index (χ1v) is 12.6. The van der Waals surface area contributed by atoms with Gasteiger partial charge in [0.25, 0.3) is 0 Å². The van der Waals surface area contributed by atoms with Crippen LogP contribution in [0.1, 0.15) is 33.3 Å². The largest absolute Gasteiger partial charge is 0.416 e. The molecule has 164 valence electrons. The number of hydrogen-bond acceptors (Lipinski definition) is 7. The highest BCUT2D eigenvalue weighted by atomic mass is 28.4. The third kappa shape index (κ3) is 6.00. The van der Waals surface area contributed by atoms with E-state index in [4.69, 9.17) is 13.9 Å². The Morgan fingerprint density at radius 3 is 2.24 bits per heavy atom. The normalized spacial score (nSPS) is 28.1. The van der Waals surface area contributed by atoms with Crippen molar-refractivity contribution in [1.82, 2.24) is 0 Å². The molecule has 1 fully saturated rings. The number of aliphatic hydroxyl groups excluding tert-OH is 3. The van der Waals surface area contributed by atoms with Crippen LogP contribution in [-0.2, 0) is 20.5 Å². The molecule has 1 aromatic rings. The van der Waals surface area contributed by atoms with Crippen molar-refractivity contribution >= 4 is 20.1 Å². The minimum Gasteiger partial charge on any atom is -0.416 e. The predicted octanol–water partition coefficient (Wildman–Crippen LogP) is 2.58. The van der Waals surface area contributed by atoms with Gasteiger partial charge in [-0.3, -0.25) is 5.32 Å². The number of amides is 1. The Labute approximate surface area is 172 Å². The van der Waals surface area contributed by atoms with Gasteiger partial charge >= 0.3 is 6.09 Å². The van der Waals surface area contributed by atoms with Gasteiger partial charge in [-0.15, -0.1) is 0 Å². The molecule has 0 aliphatic carbocycles. The molecule has 0 radical (unpaired) electrons. The van der Waals surface area contributed by atoms with Crippen molar-refractivity contribution < 1.29 is 34.0 Å². The van der Waals surface area contributed by atoms with Crippen LogP contribution in [0.5, 0.6) is 0 Å². The summed E-state index contributed by atoms with van der Waals surface area (Å²) in [7, 11) is -1.84. The van der Waals surface area contributed by atoms with E-state index >= 15 is 0 Å². The predicted molar refractivity (Wildman–Crippen MR) is 111 cm³/mol. The summed E-state index contributed by atoms with van der Waals surface area (Å²) in [4.78, 5) is 12.1. The van der Waals surface area contributed by atoms with E-state index < -0.39 is 45.1 Å². The van der Waals surface area contributed by atoms with Crippen LogP contribution in [0.4, 0.5) is 10.5 Å². The maximum atomic E-state index is 12.1. The molecule has 5 atom stereocenters. The van der Waals surface area contributed by atoms with Gasteiger partial charge in [0.1, 0.15) is 18.3 Å². The molecule has 1 saturated heterocycles. The second-order valence-corrected chi connectivity index (χ2v) is 13.8. The van der Waals surface area contributed by atoms with Crippen molar-refractivity contribution in [2.75, 3.05) is 5.32 Å². The van der Waals surface area contributed by atoms with Crippen molar-refractivity contribution in [2.45, 2.75) is 83.1 Å². The Kier molecular flexibility index (Phi) is 7.47. The number of anilines is 1. The Morgan fingerprint density at radius 1 is 1.10 bits per heavy atom. The third-order valence-electron chi connectivity index (χ3n) is 5.64. The number of rotatable bonds is 5. The summed E-state index contributed by atoms with van der Waals surface area (Å²) in [6.07, 6.45) is -7.25. The van der Waals surface area contributed by atoms with Gasteiger partial charge in [-0.2, -0.15) is 0 Å². The Bertz CT molecular complexity index is 689. The van der Waals surface area contributed by atoms with Crippen LogP contribution in [0.3, 0.4) is 0 Å². The minimum atomic E-state index is -1.84. The highest BCUT2D eigenvalue weighted by Crippen LogP contribution is 2.37. The van der Waals surface area contributed by atoms with E-state index in [9.17, 15) is 20.1 Å². The zero-order chi connectivity index (χ0) is 22.0. The van der Waals surface area contributed by atoms with Gasteiger partial charge in [-0.1, -0.05) is 32.9 Å². The van der Waals surface area contributed by atoms with Crippen molar-refractivity contribution in [2.24, 2.45) is 0 Å². The van der Waals surface area contributed by atoms with E-state index in [-0.39, 0.29) is 5.04 Å². The Hall–Kier alpha value is -1.49. The molecule has 0 saturated carbocycles. The van der Waals surface area contributed by atoms with Crippen molar-refractivity contribution in [3.63, 3.8) is 0 Å². The molecule has 0 bridgehead atoms. The molecule has 1 heterocycles. The van der Waals surface area contributed by atoms with E-state index in [0.29, 0.717) is 12.3 Å². The highest BCUT2D eigenvalue weighted by Gasteiger charge is 2.43. The summed E-state index contributed by atoms with van der Waals surface area (Å²) in [6, 6.07) is 7.17. The van der Waals surface area contributed by atoms with E-state index in [1.165, 1.54) is 6.92 Å². The van der Waals surface area contributed by atoms with Crippen LogP contribution >= 0.6 is 0 Å². The molecule has 1 aliphatic heterocycles. The molecular formula is C20H33NO7Si. The molecule has 1 aromatic carbocycles. The number of benzene rings is 1. The molecule has 5 unspecified atom stereocenters. The second kappa shape index (κ2) is 9.11. The zero-order valence-electron chi connectivity index (χ0n) is 17.9. The Balaban J connectivity index is 1.89. The molecule has 8 nitrogen and oxygen atoms in total. The molecule has 1 aliphatic rings. The maximum Gasteiger partial charge on any atom is 0.414 e. The van der Waals surface area contributed by atoms with Crippen molar-refractivity contribution in [3.05, 3.63) is 29.8 Å². The molecule has 0 spiro atoms. The summed E-state index contributed by atoms with van der Waals surface area (Å²) in [6.45, 7) is 13.0. The lowest BCUT2D eigenvalue weighted by Gasteiger charge is -2.38. The van der Waals surface area contributed by atoms with Gasteiger partial charge in [-0.25, -0.2) is 4.79 Å². The van der Waals surface area contributed by atoms with Crippen LogP contribution in [0.2, 0.25) is 18.1 Å². The number of ether oxygens (including phenoxy) is 2. The first kappa shape index (κ1) is 23.8. The number of carbonyl (C=O) groups is 1. The van der Waals surface area contributed by atoms with E-state index in [1.807, 2.05) is 12.1 Å². The first-order valence-electron chi connectivity index (χ1n) is 9.72. The molecule has 2 rings (SSSR count). The summed E-state index contributed by atoms with van der Waals surface area (Å²) in [5, 5.41) is 32.0. The van der Waals surface area contributed by atoms with E-state index in [1.54, 1.807) is 12.1 Å². The standard InChI is InChI=1S/C20H33NO7Si/c1-12-15(22)16(23)17(24)18(27-12)28-19(25)21-14-9-7-13(8-10-14)11-26-29(5,6)20(2,3)4/h7-10,12,15-18,22-24H,11H2,1-6H3,(H,21,25). The zero-order valence-corrected chi connectivity index (χ0v) is 18.9. The summed E-state index contributed by atoms with van der Waals surface area (Å²) >= 11 is 0. The lowest BCUT2D eigenvalue weighted by molar-refractivity contribution is -0.275. The number of aliphatic hydroxyl groups is 3. The van der Waals surface area contributed by atoms with Gasteiger partial charge in [-0.05, 0) is 42.8 Å². The van der Waals surface area contributed by atoms with E-state index in [0.717, 1.165) is 5.56 Å². The quantitative estimate of drug-likeness (QED) is 0.534. The lowest BCUT2D eigenvalue weighted by atomic mass is 10.0. The van der Waals surface area contributed by atoms with Crippen LogP contribution in [0, 0.1) is 0 Å². The molecule has 9 heteroatoms. The first-order chi connectivity index (χ1) is 13.3.